The van der Waals surface area contributed by atoms with Crippen LogP contribution < -0.4 is 0 Å². The number of aromatic nitrogens is 5. The van der Waals surface area contributed by atoms with Gasteiger partial charge in [-0.2, -0.15) is 0 Å². The van der Waals surface area contributed by atoms with Gasteiger partial charge in [0.1, 0.15) is 5.82 Å². The fourth-order valence-electron chi connectivity index (χ4n) is 3.79. The molecule has 0 unspecified atom stereocenters. The topological polar surface area (TPSA) is 79.1 Å². The highest BCUT2D eigenvalue weighted by Crippen LogP contribution is 2.44. The summed E-state index contributed by atoms with van der Waals surface area (Å²) in [6.07, 6.45) is 6.83. The Balaban J connectivity index is 1.88. The molecule has 3 atom stereocenters. The molecular weight excluding hydrogens is 266 g/mol. The van der Waals surface area contributed by atoms with Crippen molar-refractivity contribution in [3.05, 3.63) is 24.3 Å². The molecule has 3 heterocycles. The lowest BCUT2D eigenvalue weighted by Crippen LogP contribution is -2.09. The molecule has 6 nitrogen and oxygen atoms in total. The van der Waals surface area contributed by atoms with Crippen molar-refractivity contribution in [2.45, 2.75) is 32.1 Å². The van der Waals surface area contributed by atoms with E-state index >= 15 is 0 Å². The van der Waals surface area contributed by atoms with Crippen LogP contribution in [0.2, 0.25) is 0 Å². The molecule has 0 amide bonds. The smallest absolute Gasteiger partial charge is 0.179 e. The van der Waals surface area contributed by atoms with Crippen LogP contribution >= 0.6 is 0 Å². The highest BCUT2D eigenvalue weighted by molar-refractivity contribution is 5.74. The number of aliphatic hydroxyl groups is 1. The number of nitrogens with zero attached hydrogens (tertiary/aromatic N) is 4. The van der Waals surface area contributed by atoms with E-state index in [1.165, 1.54) is 0 Å². The van der Waals surface area contributed by atoms with Gasteiger partial charge in [0.25, 0.3) is 0 Å². The summed E-state index contributed by atoms with van der Waals surface area (Å²) in [6.45, 7) is 2.49. The van der Waals surface area contributed by atoms with Gasteiger partial charge >= 0.3 is 0 Å². The fraction of sp³-hybridized carbons (Fsp3) is 0.533. The molecule has 0 bridgehead atoms. The van der Waals surface area contributed by atoms with Gasteiger partial charge < -0.3 is 10.1 Å². The van der Waals surface area contributed by atoms with Crippen LogP contribution in [0.25, 0.3) is 16.8 Å². The van der Waals surface area contributed by atoms with E-state index < -0.39 is 0 Å². The summed E-state index contributed by atoms with van der Waals surface area (Å²) in [5.41, 5.74) is 2.67. The van der Waals surface area contributed by atoms with E-state index in [2.05, 4.69) is 31.5 Å². The van der Waals surface area contributed by atoms with Crippen molar-refractivity contribution < 1.29 is 5.11 Å². The Bertz CT molecular complexity index is 777. The molecule has 0 saturated heterocycles. The summed E-state index contributed by atoms with van der Waals surface area (Å²) in [7, 11) is 0. The zero-order chi connectivity index (χ0) is 14.4. The quantitative estimate of drug-likeness (QED) is 0.772. The molecular formula is C15H19N5O. The van der Waals surface area contributed by atoms with Crippen molar-refractivity contribution in [2.75, 3.05) is 6.61 Å². The van der Waals surface area contributed by atoms with Gasteiger partial charge in [0, 0.05) is 18.7 Å². The second-order valence-corrected chi connectivity index (χ2v) is 6.02. The van der Waals surface area contributed by atoms with Gasteiger partial charge in [0.2, 0.25) is 0 Å². The lowest BCUT2D eigenvalue weighted by Gasteiger charge is -2.16. The summed E-state index contributed by atoms with van der Waals surface area (Å²) in [5.74, 6) is 2.33. The van der Waals surface area contributed by atoms with Crippen LogP contribution in [-0.2, 0) is 0 Å². The lowest BCUT2D eigenvalue weighted by molar-refractivity contribution is 0.225. The third kappa shape index (κ3) is 1.86. The summed E-state index contributed by atoms with van der Waals surface area (Å²) >= 11 is 0. The number of aromatic amines is 1. The number of hydrogen-bond donors (Lipinski definition) is 2. The van der Waals surface area contributed by atoms with Crippen LogP contribution in [0.4, 0.5) is 0 Å². The number of aliphatic hydroxyl groups excluding tert-OH is 1. The first-order chi connectivity index (χ1) is 10.3. The SMILES string of the molecule is CC[C@@H]1C[C@H](CO)C[C@@H]1c1nnc2cnc3[nH]ccc3n12. The Hall–Kier alpha value is -1.95. The molecule has 3 aromatic rings. The van der Waals surface area contributed by atoms with Crippen molar-refractivity contribution in [3.63, 3.8) is 0 Å². The Morgan fingerprint density at radius 2 is 2.29 bits per heavy atom. The molecule has 1 aliphatic rings. The van der Waals surface area contributed by atoms with Crippen LogP contribution in [-0.4, -0.2) is 36.3 Å². The van der Waals surface area contributed by atoms with Crippen molar-refractivity contribution in [2.24, 2.45) is 11.8 Å². The van der Waals surface area contributed by atoms with E-state index in [-0.39, 0.29) is 6.61 Å². The van der Waals surface area contributed by atoms with E-state index in [0.717, 1.165) is 41.9 Å². The Morgan fingerprint density at radius 1 is 1.38 bits per heavy atom. The number of hydrogen-bond acceptors (Lipinski definition) is 4. The molecule has 4 rings (SSSR count). The molecule has 1 saturated carbocycles. The minimum atomic E-state index is 0.269. The Labute approximate surface area is 122 Å². The standard InChI is InChI=1S/C15H19N5O/c1-2-10-5-9(8-21)6-11(10)15-19-18-13-7-17-14-12(20(13)15)3-4-16-14/h3-4,7,9-11,16,21H,2,5-6,8H2,1H3/t9-,10+,11-/m0/s1. The molecule has 2 N–H and O–H groups in total. The largest absolute Gasteiger partial charge is 0.396 e. The highest BCUT2D eigenvalue weighted by Gasteiger charge is 2.36. The van der Waals surface area contributed by atoms with Crippen LogP contribution in [0.1, 0.15) is 37.9 Å². The molecule has 0 aliphatic heterocycles. The molecule has 0 aromatic carbocycles. The maximum Gasteiger partial charge on any atom is 0.179 e. The zero-order valence-corrected chi connectivity index (χ0v) is 12.0. The molecule has 110 valence electrons. The monoisotopic (exact) mass is 285 g/mol. The van der Waals surface area contributed by atoms with E-state index in [0.29, 0.717) is 17.8 Å². The van der Waals surface area contributed by atoms with Gasteiger partial charge in [0.05, 0.1) is 11.7 Å². The second kappa shape index (κ2) is 4.80. The van der Waals surface area contributed by atoms with Crippen LogP contribution in [0.5, 0.6) is 0 Å². The highest BCUT2D eigenvalue weighted by atomic mass is 16.3. The van der Waals surface area contributed by atoms with E-state index in [9.17, 15) is 5.11 Å². The zero-order valence-electron chi connectivity index (χ0n) is 12.0. The third-order valence-corrected chi connectivity index (χ3v) is 4.87. The first-order valence-electron chi connectivity index (χ1n) is 7.59. The minimum Gasteiger partial charge on any atom is -0.396 e. The first kappa shape index (κ1) is 12.8. The summed E-state index contributed by atoms with van der Waals surface area (Å²) in [6, 6.07) is 2.02. The van der Waals surface area contributed by atoms with Crippen LogP contribution in [0.3, 0.4) is 0 Å². The molecule has 1 aliphatic carbocycles. The summed E-state index contributed by atoms with van der Waals surface area (Å²) in [5, 5.41) is 18.2. The normalized spacial score (nSPS) is 26.1. The predicted molar refractivity (Wildman–Crippen MR) is 79.0 cm³/mol. The Morgan fingerprint density at radius 3 is 3.10 bits per heavy atom. The molecule has 0 spiro atoms. The Kier molecular flexibility index (Phi) is 2.92. The van der Waals surface area contributed by atoms with Crippen molar-refractivity contribution in [1.29, 1.82) is 0 Å². The number of H-pyrrole nitrogens is 1. The van der Waals surface area contributed by atoms with Gasteiger partial charge in [-0.25, -0.2) is 4.98 Å². The van der Waals surface area contributed by atoms with Crippen molar-refractivity contribution in [3.8, 4) is 0 Å². The molecule has 0 radical (unpaired) electrons. The van der Waals surface area contributed by atoms with Gasteiger partial charge in [-0.1, -0.05) is 13.3 Å². The summed E-state index contributed by atoms with van der Waals surface area (Å²) < 4.78 is 2.12. The molecule has 6 heteroatoms. The predicted octanol–water partition coefficient (Wildman–Crippen LogP) is 2.12. The van der Waals surface area contributed by atoms with Crippen molar-refractivity contribution >= 4 is 16.8 Å². The van der Waals surface area contributed by atoms with Crippen molar-refractivity contribution in [1.82, 2.24) is 24.6 Å². The number of fused-ring (bicyclic) bond motifs is 3. The van der Waals surface area contributed by atoms with Crippen LogP contribution in [0.15, 0.2) is 18.5 Å². The number of nitrogens with one attached hydrogen (secondary N) is 1. The second-order valence-electron chi connectivity index (χ2n) is 6.02. The molecule has 1 fully saturated rings. The maximum absolute atomic E-state index is 9.49. The van der Waals surface area contributed by atoms with Gasteiger partial charge in [-0.3, -0.25) is 4.40 Å². The average molecular weight is 285 g/mol. The van der Waals surface area contributed by atoms with Crippen LogP contribution in [0, 0.1) is 11.8 Å². The first-order valence-corrected chi connectivity index (χ1v) is 7.59. The summed E-state index contributed by atoms with van der Waals surface area (Å²) in [4.78, 5) is 7.50. The lowest BCUT2D eigenvalue weighted by atomic mass is 9.93. The fourth-order valence-corrected chi connectivity index (χ4v) is 3.79. The molecule has 3 aromatic heterocycles. The minimum absolute atomic E-state index is 0.269. The maximum atomic E-state index is 9.49. The van der Waals surface area contributed by atoms with E-state index in [1.807, 2.05) is 12.3 Å². The van der Waals surface area contributed by atoms with Gasteiger partial charge in [0.15, 0.2) is 11.3 Å². The van der Waals surface area contributed by atoms with E-state index in [1.54, 1.807) is 6.20 Å². The van der Waals surface area contributed by atoms with Gasteiger partial charge in [-0.05, 0) is 30.7 Å². The van der Waals surface area contributed by atoms with Gasteiger partial charge in [-0.15, -0.1) is 10.2 Å². The molecule has 21 heavy (non-hydrogen) atoms. The number of rotatable bonds is 3. The van der Waals surface area contributed by atoms with E-state index in [4.69, 9.17) is 0 Å². The average Bonchev–Trinajstić information content (AvgIpc) is 3.22. The third-order valence-electron chi connectivity index (χ3n) is 4.87.